The lowest BCUT2D eigenvalue weighted by Gasteiger charge is -2.34. The number of anilines is 3. The predicted molar refractivity (Wildman–Crippen MR) is 102 cm³/mol. The smallest absolute Gasteiger partial charge is 0.323 e. The number of ether oxygens (including phenoxy) is 1. The van der Waals surface area contributed by atoms with Crippen molar-refractivity contribution in [3.63, 3.8) is 0 Å². The molecule has 0 saturated carbocycles. The Morgan fingerprint density at radius 2 is 1.64 bits per heavy atom. The van der Waals surface area contributed by atoms with Crippen LogP contribution in [-0.4, -0.2) is 51.3 Å². The number of carbonyl (C=O) groups is 1. The third-order valence-corrected chi connectivity index (χ3v) is 4.32. The van der Waals surface area contributed by atoms with E-state index in [4.69, 9.17) is 4.74 Å². The Hall–Kier alpha value is -2.73. The molecule has 0 radical (unpaired) electrons. The van der Waals surface area contributed by atoms with Gasteiger partial charge in [0.1, 0.15) is 5.75 Å². The molecule has 132 valence electrons. The highest BCUT2D eigenvalue weighted by Gasteiger charge is 2.14. The molecule has 0 aromatic heterocycles. The van der Waals surface area contributed by atoms with Crippen molar-refractivity contribution < 1.29 is 9.53 Å². The summed E-state index contributed by atoms with van der Waals surface area (Å²) in [6.45, 7) is 4.20. The van der Waals surface area contributed by atoms with E-state index in [1.165, 1.54) is 5.69 Å². The molecule has 6 heteroatoms. The lowest BCUT2D eigenvalue weighted by Crippen LogP contribution is -2.44. The van der Waals surface area contributed by atoms with E-state index in [2.05, 4.69) is 27.5 Å². The minimum absolute atomic E-state index is 0.277. The summed E-state index contributed by atoms with van der Waals surface area (Å²) in [4.78, 5) is 16.8. The van der Waals surface area contributed by atoms with Crippen LogP contribution in [0.15, 0.2) is 48.5 Å². The number of amides is 2. The zero-order chi connectivity index (χ0) is 17.6. The largest absolute Gasteiger partial charge is 0.497 e. The molecule has 2 amide bonds. The Morgan fingerprint density at radius 1 is 0.960 bits per heavy atom. The molecule has 2 aromatic carbocycles. The van der Waals surface area contributed by atoms with E-state index in [1.807, 2.05) is 42.5 Å². The maximum Gasteiger partial charge on any atom is 0.323 e. The molecule has 2 N–H and O–H groups in total. The van der Waals surface area contributed by atoms with Crippen molar-refractivity contribution in [2.45, 2.75) is 0 Å². The summed E-state index contributed by atoms with van der Waals surface area (Å²) in [7, 11) is 3.74. The van der Waals surface area contributed by atoms with Crippen LogP contribution in [-0.2, 0) is 0 Å². The monoisotopic (exact) mass is 340 g/mol. The first kappa shape index (κ1) is 17.1. The quantitative estimate of drug-likeness (QED) is 0.898. The fourth-order valence-electron chi connectivity index (χ4n) is 2.81. The highest BCUT2D eigenvalue weighted by Crippen LogP contribution is 2.20. The average Bonchev–Trinajstić information content (AvgIpc) is 2.63. The number of nitrogens with zero attached hydrogens (tertiary/aromatic N) is 2. The van der Waals surface area contributed by atoms with E-state index in [9.17, 15) is 4.79 Å². The minimum Gasteiger partial charge on any atom is -0.497 e. The van der Waals surface area contributed by atoms with E-state index in [1.54, 1.807) is 13.2 Å². The molecule has 6 nitrogen and oxygen atoms in total. The van der Waals surface area contributed by atoms with Crippen LogP contribution in [0.4, 0.5) is 21.9 Å². The molecule has 1 aliphatic heterocycles. The number of carbonyl (C=O) groups excluding carboxylic acids is 1. The van der Waals surface area contributed by atoms with Crippen LogP contribution in [0.2, 0.25) is 0 Å². The number of hydrogen-bond acceptors (Lipinski definition) is 4. The van der Waals surface area contributed by atoms with Gasteiger partial charge < -0.3 is 25.2 Å². The van der Waals surface area contributed by atoms with Gasteiger partial charge in [-0.15, -0.1) is 0 Å². The summed E-state index contributed by atoms with van der Waals surface area (Å²) in [5, 5.41) is 5.65. The Labute approximate surface area is 148 Å². The maximum absolute atomic E-state index is 12.1. The molecular formula is C19H24N4O2. The van der Waals surface area contributed by atoms with E-state index >= 15 is 0 Å². The van der Waals surface area contributed by atoms with Gasteiger partial charge in [0.05, 0.1) is 7.11 Å². The minimum atomic E-state index is -0.277. The second-order valence-corrected chi connectivity index (χ2v) is 6.15. The molecule has 1 heterocycles. The van der Waals surface area contributed by atoms with Crippen molar-refractivity contribution in [3.05, 3.63) is 48.5 Å². The molecule has 0 spiro atoms. The predicted octanol–water partition coefficient (Wildman–Crippen LogP) is 3.09. The van der Waals surface area contributed by atoms with Crippen LogP contribution < -0.4 is 20.3 Å². The molecular weight excluding hydrogens is 316 g/mol. The molecule has 0 aliphatic carbocycles. The second-order valence-electron chi connectivity index (χ2n) is 6.15. The molecule has 0 unspecified atom stereocenters. The van der Waals surface area contributed by atoms with Crippen molar-refractivity contribution in [1.29, 1.82) is 0 Å². The highest BCUT2D eigenvalue weighted by molar-refractivity contribution is 5.99. The van der Waals surface area contributed by atoms with Gasteiger partial charge in [-0.25, -0.2) is 4.79 Å². The second kappa shape index (κ2) is 7.90. The summed E-state index contributed by atoms with van der Waals surface area (Å²) >= 11 is 0. The molecule has 0 atom stereocenters. The zero-order valence-electron chi connectivity index (χ0n) is 14.7. The highest BCUT2D eigenvalue weighted by atomic mass is 16.5. The number of piperazine rings is 1. The third-order valence-electron chi connectivity index (χ3n) is 4.32. The number of likely N-dealkylation sites (N-methyl/N-ethyl adjacent to an activating group) is 1. The summed E-state index contributed by atoms with van der Waals surface area (Å²) in [6, 6.07) is 14.9. The summed E-state index contributed by atoms with van der Waals surface area (Å²) in [6.07, 6.45) is 0. The van der Waals surface area contributed by atoms with Crippen molar-refractivity contribution in [2.75, 3.05) is 55.9 Å². The van der Waals surface area contributed by atoms with Gasteiger partial charge in [0.25, 0.3) is 0 Å². The van der Waals surface area contributed by atoms with E-state index in [0.717, 1.165) is 31.9 Å². The van der Waals surface area contributed by atoms with E-state index < -0.39 is 0 Å². The SMILES string of the molecule is COc1cccc(NC(=O)Nc2ccc(N3CCN(C)CC3)cc2)c1. The molecule has 1 fully saturated rings. The van der Waals surface area contributed by atoms with Gasteiger partial charge in [0.2, 0.25) is 0 Å². The van der Waals surface area contributed by atoms with Crippen molar-refractivity contribution in [2.24, 2.45) is 0 Å². The summed E-state index contributed by atoms with van der Waals surface area (Å²) in [5.41, 5.74) is 2.64. The van der Waals surface area contributed by atoms with Crippen molar-refractivity contribution in [1.82, 2.24) is 4.90 Å². The van der Waals surface area contributed by atoms with Crippen LogP contribution in [0.3, 0.4) is 0 Å². The van der Waals surface area contributed by atoms with Gasteiger partial charge in [-0.2, -0.15) is 0 Å². The summed E-state index contributed by atoms with van der Waals surface area (Å²) < 4.78 is 5.15. The van der Waals surface area contributed by atoms with Gasteiger partial charge in [-0.05, 0) is 43.4 Å². The molecule has 1 saturated heterocycles. The number of urea groups is 1. The fourth-order valence-corrected chi connectivity index (χ4v) is 2.81. The molecule has 0 bridgehead atoms. The number of hydrogen-bond donors (Lipinski definition) is 2. The first-order valence-electron chi connectivity index (χ1n) is 8.39. The fraction of sp³-hybridized carbons (Fsp3) is 0.316. The Morgan fingerprint density at radius 3 is 2.32 bits per heavy atom. The molecule has 1 aliphatic rings. The lowest BCUT2D eigenvalue weighted by molar-refractivity contribution is 0.262. The normalized spacial score (nSPS) is 14.9. The Kier molecular flexibility index (Phi) is 5.40. The zero-order valence-corrected chi connectivity index (χ0v) is 14.7. The summed E-state index contributed by atoms with van der Waals surface area (Å²) in [5.74, 6) is 0.703. The standard InChI is InChI=1S/C19H24N4O2/c1-22-10-12-23(13-11-22)17-8-6-15(7-9-17)20-19(24)21-16-4-3-5-18(14-16)25-2/h3-9,14H,10-13H2,1-2H3,(H2,20,21,24). The first-order valence-corrected chi connectivity index (χ1v) is 8.39. The Bertz CT molecular complexity index is 710. The first-order chi connectivity index (χ1) is 12.1. The van der Waals surface area contributed by atoms with Crippen LogP contribution in [0.5, 0.6) is 5.75 Å². The van der Waals surface area contributed by atoms with Gasteiger partial charge >= 0.3 is 6.03 Å². The number of methoxy groups -OCH3 is 1. The van der Waals surface area contributed by atoms with Crippen LogP contribution >= 0.6 is 0 Å². The van der Waals surface area contributed by atoms with E-state index in [0.29, 0.717) is 11.4 Å². The van der Waals surface area contributed by atoms with Gasteiger partial charge in [0, 0.05) is 49.3 Å². The van der Waals surface area contributed by atoms with Crippen LogP contribution in [0.25, 0.3) is 0 Å². The Balaban J connectivity index is 1.56. The third kappa shape index (κ3) is 4.64. The number of nitrogens with one attached hydrogen (secondary N) is 2. The average molecular weight is 340 g/mol. The lowest BCUT2D eigenvalue weighted by atomic mass is 10.2. The van der Waals surface area contributed by atoms with E-state index in [-0.39, 0.29) is 6.03 Å². The maximum atomic E-state index is 12.1. The van der Waals surface area contributed by atoms with Crippen molar-refractivity contribution >= 4 is 23.1 Å². The number of benzene rings is 2. The molecule has 3 rings (SSSR count). The van der Waals surface area contributed by atoms with Crippen LogP contribution in [0.1, 0.15) is 0 Å². The number of rotatable bonds is 4. The molecule has 25 heavy (non-hydrogen) atoms. The van der Waals surface area contributed by atoms with Gasteiger partial charge in [-0.1, -0.05) is 6.07 Å². The van der Waals surface area contributed by atoms with Gasteiger partial charge in [-0.3, -0.25) is 0 Å². The van der Waals surface area contributed by atoms with Crippen molar-refractivity contribution in [3.8, 4) is 5.75 Å². The molecule has 2 aromatic rings. The van der Waals surface area contributed by atoms with Gasteiger partial charge in [0.15, 0.2) is 0 Å². The van der Waals surface area contributed by atoms with Crippen LogP contribution in [0, 0.1) is 0 Å². The topological polar surface area (TPSA) is 56.8 Å².